The fourth-order valence-electron chi connectivity index (χ4n) is 6.77. The molecule has 0 saturated carbocycles. The number of nitrogens with two attached hydrogens (primary N) is 1. The van der Waals surface area contributed by atoms with E-state index in [2.05, 4.69) is 28.1 Å². The number of aryl methyl sites for hydroxylation is 2. The highest BCUT2D eigenvalue weighted by Crippen LogP contribution is 2.26. The molecule has 0 radical (unpaired) electrons. The number of phenolic OH excluding ortho intramolecular Hbond substituents is 1. The van der Waals surface area contributed by atoms with Crippen LogP contribution in [0.15, 0.2) is 97.1 Å². The lowest BCUT2D eigenvalue weighted by molar-refractivity contribution is -0.137. The SMILES string of the molecule is CNC(Cc1c(C)cc(O)cc1C)C(=O)N1Cc2ccccc2CC1CN[C@@H](Cc1ccccc1)C(=O)N[C@@H](Cc1ccccc1)C(N)=O. The van der Waals surface area contributed by atoms with Gasteiger partial charge in [0.2, 0.25) is 17.7 Å². The van der Waals surface area contributed by atoms with E-state index in [4.69, 9.17) is 5.73 Å². The van der Waals surface area contributed by atoms with Gasteiger partial charge in [-0.3, -0.25) is 14.4 Å². The lowest BCUT2D eigenvalue weighted by atomic mass is 9.91. The number of nitrogens with zero attached hydrogens (tertiary/aromatic N) is 1. The van der Waals surface area contributed by atoms with E-state index in [1.54, 1.807) is 19.2 Å². The van der Waals surface area contributed by atoms with Crippen LogP contribution in [0.1, 0.15) is 38.9 Å². The number of nitrogens with one attached hydrogen (secondary N) is 3. The van der Waals surface area contributed by atoms with E-state index in [-0.39, 0.29) is 30.0 Å². The van der Waals surface area contributed by atoms with Gasteiger partial charge in [-0.15, -0.1) is 0 Å². The van der Waals surface area contributed by atoms with Crippen LogP contribution in [0.5, 0.6) is 5.75 Å². The Balaban J connectivity index is 1.38. The average Bonchev–Trinajstić information content (AvgIpc) is 3.09. The summed E-state index contributed by atoms with van der Waals surface area (Å²) >= 11 is 0. The molecule has 2 unspecified atom stereocenters. The molecule has 0 aliphatic carbocycles. The van der Waals surface area contributed by atoms with Gasteiger partial charge >= 0.3 is 0 Å². The quantitative estimate of drug-likeness (QED) is 0.140. The van der Waals surface area contributed by atoms with Crippen LogP contribution < -0.4 is 21.7 Å². The van der Waals surface area contributed by atoms with E-state index in [1.807, 2.05) is 91.5 Å². The number of hydrogen-bond acceptors (Lipinski definition) is 6. The Morgan fingerprint density at radius 3 is 1.92 bits per heavy atom. The van der Waals surface area contributed by atoms with Gasteiger partial charge in [-0.2, -0.15) is 0 Å². The van der Waals surface area contributed by atoms with Gasteiger partial charge in [0.1, 0.15) is 11.8 Å². The summed E-state index contributed by atoms with van der Waals surface area (Å²) in [5.74, 6) is -0.754. The molecule has 0 spiro atoms. The largest absolute Gasteiger partial charge is 0.508 e. The zero-order valence-electron chi connectivity index (χ0n) is 28.5. The first-order chi connectivity index (χ1) is 23.6. The van der Waals surface area contributed by atoms with Crippen LogP contribution in [0.2, 0.25) is 0 Å². The maximum Gasteiger partial charge on any atom is 0.240 e. The summed E-state index contributed by atoms with van der Waals surface area (Å²) in [6.45, 7) is 4.70. The van der Waals surface area contributed by atoms with E-state index in [0.29, 0.717) is 32.4 Å². The first-order valence-corrected chi connectivity index (χ1v) is 16.9. The number of amides is 3. The first-order valence-electron chi connectivity index (χ1n) is 16.9. The van der Waals surface area contributed by atoms with Gasteiger partial charge in [-0.1, -0.05) is 84.9 Å². The number of hydrogen-bond donors (Lipinski definition) is 5. The molecule has 6 N–H and O–H groups in total. The normalized spacial score (nSPS) is 15.9. The average molecular weight is 662 g/mol. The molecule has 3 amide bonds. The number of benzene rings is 4. The first kappa shape index (κ1) is 35.3. The minimum atomic E-state index is -0.877. The minimum Gasteiger partial charge on any atom is -0.508 e. The zero-order chi connectivity index (χ0) is 34.9. The monoisotopic (exact) mass is 661 g/mol. The summed E-state index contributed by atoms with van der Waals surface area (Å²) in [7, 11) is 1.80. The second-order valence-electron chi connectivity index (χ2n) is 13.0. The number of phenols is 1. The van der Waals surface area contributed by atoms with Gasteiger partial charge in [0.25, 0.3) is 0 Å². The van der Waals surface area contributed by atoms with E-state index in [9.17, 15) is 19.5 Å². The van der Waals surface area contributed by atoms with E-state index >= 15 is 0 Å². The fourth-order valence-corrected chi connectivity index (χ4v) is 6.77. The summed E-state index contributed by atoms with van der Waals surface area (Å²) in [5.41, 5.74) is 12.8. The van der Waals surface area contributed by atoms with E-state index < -0.39 is 24.0 Å². The number of carbonyl (C=O) groups is 3. The van der Waals surface area contributed by atoms with Crippen molar-refractivity contribution in [3.05, 3.63) is 136 Å². The number of rotatable bonds is 14. The molecular formula is C40H47N5O4. The predicted octanol–water partition coefficient (Wildman–Crippen LogP) is 3.51. The molecule has 49 heavy (non-hydrogen) atoms. The molecule has 1 aliphatic heterocycles. The molecule has 9 nitrogen and oxygen atoms in total. The molecule has 0 bridgehead atoms. The van der Waals surface area contributed by atoms with Gasteiger partial charge in [-0.25, -0.2) is 0 Å². The molecule has 1 aliphatic rings. The van der Waals surface area contributed by atoms with Crippen molar-refractivity contribution < 1.29 is 19.5 Å². The standard InChI is InChI=1S/C40H47N5O4/c1-26-18-33(46)19-27(2)34(26)23-37(42-3)40(49)45-25-31-17-11-10-16-30(31)22-32(45)24-43-36(21-29-14-8-5-9-15-29)39(48)44-35(38(41)47)20-28-12-6-4-7-13-28/h4-19,32,35-37,42-43,46H,20-25H2,1-3H3,(H2,41,47)(H,44,48)/t32?,35-,36-,37?/m0/s1. The third kappa shape index (κ3) is 9.13. The second-order valence-corrected chi connectivity index (χ2v) is 13.0. The van der Waals surface area contributed by atoms with E-state index in [0.717, 1.165) is 33.4 Å². The highest BCUT2D eigenvalue weighted by Gasteiger charge is 2.35. The van der Waals surface area contributed by atoms with Crippen molar-refractivity contribution in [3.63, 3.8) is 0 Å². The van der Waals surface area contributed by atoms with Crippen LogP contribution in [0.3, 0.4) is 0 Å². The number of likely N-dealkylation sites (N-methyl/N-ethyl adjacent to an activating group) is 1. The Hall–Kier alpha value is -4.99. The molecule has 0 saturated heterocycles. The molecule has 4 atom stereocenters. The predicted molar refractivity (Wildman–Crippen MR) is 192 cm³/mol. The van der Waals surface area contributed by atoms with Crippen LogP contribution in [0, 0.1) is 13.8 Å². The number of aromatic hydroxyl groups is 1. The van der Waals surface area contributed by atoms with Crippen molar-refractivity contribution in [3.8, 4) is 5.75 Å². The zero-order valence-corrected chi connectivity index (χ0v) is 28.5. The molecule has 4 aromatic rings. The summed E-state index contributed by atoms with van der Waals surface area (Å²) in [4.78, 5) is 42.6. The summed E-state index contributed by atoms with van der Waals surface area (Å²) < 4.78 is 0. The van der Waals surface area contributed by atoms with Crippen molar-refractivity contribution >= 4 is 17.7 Å². The van der Waals surface area contributed by atoms with Crippen LogP contribution in [-0.2, 0) is 46.6 Å². The maximum atomic E-state index is 14.4. The molecule has 9 heteroatoms. The van der Waals surface area contributed by atoms with E-state index in [1.165, 1.54) is 5.56 Å². The Morgan fingerprint density at radius 2 is 1.35 bits per heavy atom. The van der Waals surface area contributed by atoms with Gasteiger partial charge in [0, 0.05) is 25.6 Å². The highest BCUT2D eigenvalue weighted by atomic mass is 16.3. The molecule has 0 aromatic heterocycles. The Kier molecular flexibility index (Phi) is 11.8. The number of carbonyl (C=O) groups excluding carboxylic acids is 3. The van der Waals surface area contributed by atoms with Gasteiger partial charge in [0.15, 0.2) is 0 Å². The molecule has 5 rings (SSSR count). The van der Waals surface area contributed by atoms with Crippen molar-refractivity contribution in [1.29, 1.82) is 0 Å². The Bertz CT molecular complexity index is 1720. The Labute approximate surface area is 288 Å². The van der Waals surface area contributed by atoms with Gasteiger partial charge < -0.3 is 31.7 Å². The summed E-state index contributed by atoms with van der Waals surface area (Å²) in [6.07, 6.45) is 1.77. The molecule has 0 fully saturated rings. The summed E-state index contributed by atoms with van der Waals surface area (Å²) in [5, 5.41) is 19.7. The minimum absolute atomic E-state index is 0.0311. The molecular weight excluding hydrogens is 614 g/mol. The van der Waals surface area contributed by atoms with Crippen molar-refractivity contribution in [2.75, 3.05) is 13.6 Å². The van der Waals surface area contributed by atoms with Crippen molar-refractivity contribution in [1.82, 2.24) is 20.9 Å². The highest BCUT2D eigenvalue weighted by molar-refractivity contribution is 5.89. The topological polar surface area (TPSA) is 137 Å². The third-order valence-electron chi connectivity index (χ3n) is 9.52. The van der Waals surface area contributed by atoms with Crippen molar-refractivity contribution in [2.45, 2.75) is 70.2 Å². The molecule has 256 valence electrons. The second kappa shape index (κ2) is 16.4. The van der Waals surface area contributed by atoms with Crippen molar-refractivity contribution in [2.24, 2.45) is 5.73 Å². The van der Waals surface area contributed by atoms with Gasteiger partial charge in [0.05, 0.1) is 12.1 Å². The third-order valence-corrected chi connectivity index (χ3v) is 9.52. The number of fused-ring (bicyclic) bond motifs is 1. The van der Waals surface area contributed by atoms with Crippen LogP contribution in [-0.4, -0.2) is 65.5 Å². The lowest BCUT2D eigenvalue weighted by Crippen LogP contribution is -2.58. The van der Waals surface area contributed by atoms with Crippen LogP contribution >= 0.6 is 0 Å². The Morgan fingerprint density at radius 1 is 0.796 bits per heavy atom. The van der Waals surface area contributed by atoms with Gasteiger partial charge in [-0.05, 0) is 91.2 Å². The lowest BCUT2D eigenvalue weighted by Gasteiger charge is -2.40. The maximum absolute atomic E-state index is 14.4. The summed E-state index contributed by atoms with van der Waals surface area (Å²) in [6, 6.07) is 28.5. The van der Waals surface area contributed by atoms with Crippen LogP contribution in [0.25, 0.3) is 0 Å². The fraction of sp³-hybridized carbons (Fsp3) is 0.325. The molecule has 1 heterocycles. The number of primary amides is 1. The smallest absolute Gasteiger partial charge is 0.240 e. The van der Waals surface area contributed by atoms with Crippen LogP contribution in [0.4, 0.5) is 0 Å². The molecule has 4 aromatic carbocycles.